The van der Waals surface area contributed by atoms with Gasteiger partial charge in [-0.15, -0.1) is 0 Å². The summed E-state index contributed by atoms with van der Waals surface area (Å²) in [4.78, 5) is 8.56. The Labute approximate surface area is 115 Å². The molecular weight excluding hydrogens is 248 g/mol. The number of rotatable bonds is 7. The highest BCUT2D eigenvalue weighted by Gasteiger charge is 2.11. The predicted octanol–water partition coefficient (Wildman–Crippen LogP) is 4.34. The minimum absolute atomic E-state index is 0.364. The lowest BCUT2D eigenvalue weighted by atomic mass is 10.0. The molecule has 0 aliphatic carbocycles. The Morgan fingerprint density at radius 1 is 1.17 bits per heavy atom. The molecule has 0 bridgehead atoms. The van der Waals surface area contributed by atoms with E-state index < -0.39 is 0 Å². The van der Waals surface area contributed by atoms with Crippen molar-refractivity contribution >= 4 is 11.6 Å². The maximum atomic E-state index is 6.03. The summed E-state index contributed by atoms with van der Waals surface area (Å²) < 4.78 is 5.72. The van der Waals surface area contributed by atoms with E-state index in [0.29, 0.717) is 23.6 Å². The van der Waals surface area contributed by atoms with Gasteiger partial charge in [0.2, 0.25) is 0 Å². The van der Waals surface area contributed by atoms with Crippen molar-refractivity contribution in [3.8, 4) is 5.88 Å². The Balaban J connectivity index is 2.59. The summed E-state index contributed by atoms with van der Waals surface area (Å²) in [6.45, 7) is 8.89. The molecule has 0 fully saturated rings. The minimum Gasteiger partial charge on any atom is -0.475 e. The van der Waals surface area contributed by atoms with Crippen LogP contribution >= 0.6 is 11.6 Å². The molecule has 0 aromatic carbocycles. The highest BCUT2D eigenvalue weighted by molar-refractivity contribution is 6.30. The van der Waals surface area contributed by atoms with Crippen LogP contribution in [0, 0.1) is 19.8 Å². The van der Waals surface area contributed by atoms with Gasteiger partial charge < -0.3 is 4.74 Å². The molecule has 3 nitrogen and oxygen atoms in total. The minimum atomic E-state index is 0.364. The standard InChI is InChI=1S/C14H23ClN2O/c1-5-7-8-12(6-2)9-18-14-13(15)16-10(3)11(4)17-14/h12H,5-9H2,1-4H3. The van der Waals surface area contributed by atoms with Crippen LogP contribution in [-0.2, 0) is 0 Å². The van der Waals surface area contributed by atoms with Gasteiger partial charge in [0.15, 0.2) is 5.15 Å². The summed E-state index contributed by atoms with van der Waals surface area (Å²) in [5.41, 5.74) is 1.72. The van der Waals surface area contributed by atoms with Crippen LogP contribution in [0.4, 0.5) is 0 Å². The van der Waals surface area contributed by atoms with Gasteiger partial charge in [-0.05, 0) is 26.2 Å². The van der Waals surface area contributed by atoms with Crippen molar-refractivity contribution in [3.05, 3.63) is 16.5 Å². The molecule has 102 valence electrons. The molecule has 0 radical (unpaired) electrons. The van der Waals surface area contributed by atoms with E-state index in [2.05, 4.69) is 23.8 Å². The van der Waals surface area contributed by atoms with E-state index in [0.717, 1.165) is 17.8 Å². The van der Waals surface area contributed by atoms with Crippen LogP contribution in [0.25, 0.3) is 0 Å². The van der Waals surface area contributed by atoms with Gasteiger partial charge >= 0.3 is 0 Å². The van der Waals surface area contributed by atoms with Gasteiger partial charge in [-0.1, -0.05) is 44.7 Å². The Morgan fingerprint density at radius 2 is 1.83 bits per heavy atom. The molecular formula is C14H23ClN2O. The first kappa shape index (κ1) is 15.2. The first-order chi connectivity index (χ1) is 8.58. The van der Waals surface area contributed by atoms with Gasteiger partial charge in [-0.2, -0.15) is 0 Å². The van der Waals surface area contributed by atoms with Crippen LogP contribution in [0.2, 0.25) is 5.15 Å². The zero-order valence-electron chi connectivity index (χ0n) is 11.8. The SMILES string of the molecule is CCCCC(CC)COc1nc(C)c(C)nc1Cl. The molecule has 0 aliphatic rings. The lowest BCUT2D eigenvalue weighted by Gasteiger charge is -2.15. The van der Waals surface area contributed by atoms with Crippen molar-refractivity contribution < 1.29 is 4.74 Å². The molecule has 1 atom stereocenters. The molecule has 0 aliphatic heterocycles. The monoisotopic (exact) mass is 270 g/mol. The maximum absolute atomic E-state index is 6.03. The fraction of sp³-hybridized carbons (Fsp3) is 0.714. The van der Waals surface area contributed by atoms with Crippen molar-refractivity contribution in [2.75, 3.05) is 6.61 Å². The lowest BCUT2D eigenvalue weighted by Crippen LogP contribution is -2.13. The van der Waals surface area contributed by atoms with Gasteiger partial charge in [0.1, 0.15) is 0 Å². The summed E-state index contributed by atoms with van der Waals surface area (Å²) in [7, 11) is 0. The van der Waals surface area contributed by atoms with E-state index in [9.17, 15) is 0 Å². The Morgan fingerprint density at radius 3 is 2.44 bits per heavy atom. The quantitative estimate of drug-likeness (QED) is 0.739. The number of aryl methyl sites for hydroxylation is 2. The third-order valence-corrected chi connectivity index (χ3v) is 3.48. The molecule has 0 spiro atoms. The van der Waals surface area contributed by atoms with Crippen molar-refractivity contribution in [2.45, 2.75) is 53.4 Å². The second-order valence-corrected chi connectivity index (χ2v) is 5.08. The van der Waals surface area contributed by atoms with Crippen LogP contribution < -0.4 is 4.74 Å². The zero-order chi connectivity index (χ0) is 13.5. The van der Waals surface area contributed by atoms with Gasteiger partial charge in [-0.3, -0.25) is 0 Å². The Kier molecular flexibility index (Phi) is 6.41. The Hall–Kier alpha value is -0.830. The fourth-order valence-corrected chi connectivity index (χ4v) is 1.97. The molecule has 4 heteroatoms. The van der Waals surface area contributed by atoms with Crippen LogP contribution in [-0.4, -0.2) is 16.6 Å². The normalized spacial score (nSPS) is 12.5. The molecule has 1 rings (SSSR count). The van der Waals surface area contributed by atoms with E-state index in [1.807, 2.05) is 13.8 Å². The summed E-state index contributed by atoms with van der Waals surface area (Å²) >= 11 is 6.03. The van der Waals surface area contributed by atoms with Gasteiger partial charge in [0.25, 0.3) is 5.88 Å². The number of aromatic nitrogens is 2. The van der Waals surface area contributed by atoms with Crippen molar-refractivity contribution in [2.24, 2.45) is 5.92 Å². The van der Waals surface area contributed by atoms with Gasteiger partial charge in [0.05, 0.1) is 18.0 Å². The number of hydrogen-bond donors (Lipinski definition) is 0. The van der Waals surface area contributed by atoms with Gasteiger partial charge in [-0.25, -0.2) is 9.97 Å². The van der Waals surface area contributed by atoms with Crippen molar-refractivity contribution in [1.29, 1.82) is 0 Å². The number of hydrogen-bond acceptors (Lipinski definition) is 3. The topological polar surface area (TPSA) is 35.0 Å². The largest absolute Gasteiger partial charge is 0.475 e. The van der Waals surface area contributed by atoms with E-state index >= 15 is 0 Å². The number of ether oxygens (including phenoxy) is 1. The smallest absolute Gasteiger partial charge is 0.252 e. The van der Waals surface area contributed by atoms with Crippen LogP contribution in [0.1, 0.15) is 50.9 Å². The first-order valence-electron chi connectivity index (χ1n) is 6.72. The molecule has 1 unspecified atom stereocenters. The lowest BCUT2D eigenvalue weighted by molar-refractivity contribution is 0.225. The highest BCUT2D eigenvalue weighted by Crippen LogP contribution is 2.22. The second-order valence-electron chi connectivity index (χ2n) is 4.72. The van der Waals surface area contributed by atoms with Crippen LogP contribution in [0.15, 0.2) is 0 Å². The maximum Gasteiger partial charge on any atom is 0.252 e. The molecule has 0 N–H and O–H groups in total. The molecule has 0 saturated heterocycles. The van der Waals surface area contributed by atoms with Crippen molar-refractivity contribution in [1.82, 2.24) is 9.97 Å². The number of nitrogens with zero attached hydrogens (tertiary/aromatic N) is 2. The predicted molar refractivity (Wildman–Crippen MR) is 75.3 cm³/mol. The second kappa shape index (κ2) is 7.57. The molecule has 1 aromatic rings. The molecule has 1 heterocycles. The summed E-state index contributed by atoms with van der Waals surface area (Å²) in [5, 5.41) is 0.364. The van der Waals surface area contributed by atoms with Gasteiger partial charge in [0, 0.05) is 0 Å². The number of unbranched alkanes of at least 4 members (excludes halogenated alkanes) is 1. The van der Waals surface area contributed by atoms with E-state index in [1.54, 1.807) is 0 Å². The van der Waals surface area contributed by atoms with Crippen LogP contribution in [0.5, 0.6) is 5.88 Å². The van der Waals surface area contributed by atoms with E-state index in [4.69, 9.17) is 16.3 Å². The molecule has 0 saturated carbocycles. The third kappa shape index (κ3) is 4.45. The average molecular weight is 271 g/mol. The van der Waals surface area contributed by atoms with E-state index in [-0.39, 0.29) is 0 Å². The highest BCUT2D eigenvalue weighted by atomic mass is 35.5. The summed E-state index contributed by atoms with van der Waals surface area (Å²) in [6, 6.07) is 0. The fourth-order valence-electron chi connectivity index (χ4n) is 1.74. The summed E-state index contributed by atoms with van der Waals surface area (Å²) in [6.07, 6.45) is 4.79. The summed E-state index contributed by atoms with van der Waals surface area (Å²) in [5.74, 6) is 1.04. The first-order valence-corrected chi connectivity index (χ1v) is 7.09. The number of halogens is 1. The zero-order valence-corrected chi connectivity index (χ0v) is 12.5. The van der Waals surface area contributed by atoms with Crippen molar-refractivity contribution in [3.63, 3.8) is 0 Å². The Bertz CT molecular complexity index is 382. The molecule has 1 aromatic heterocycles. The van der Waals surface area contributed by atoms with E-state index in [1.165, 1.54) is 19.3 Å². The molecule has 18 heavy (non-hydrogen) atoms. The average Bonchev–Trinajstić information content (AvgIpc) is 2.35. The molecule has 0 amide bonds. The third-order valence-electron chi connectivity index (χ3n) is 3.23. The van der Waals surface area contributed by atoms with Crippen LogP contribution in [0.3, 0.4) is 0 Å².